The maximum Gasteiger partial charge on any atom is 0.320 e. The highest BCUT2D eigenvalue weighted by Gasteiger charge is 2.26. The van der Waals surface area contributed by atoms with E-state index in [1.165, 1.54) is 11.8 Å². The van der Waals surface area contributed by atoms with Crippen molar-refractivity contribution in [3.8, 4) is 5.75 Å². The summed E-state index contributed by atoms with van der Waals surface area (Å²) in [4.78, 5) is 14.4. The zero-order valence-electron chi connectivity index (χ0n) is 19.7. The van der Waals surface area contributed by atoms with Crippen LogP contribution in [0, 0.1) is 0 Å². The Labute approximate surface area is 209 Å². The van der Waals surface area contributed by atoms with E-state index in [0.717, 1.165) is 43.3 Å². The summed E-state index contributed by atoms with van der Waals surface area (Å²) in [6.45, 7) is 1.89. The third kappa shape index (κ3) is 4.89. The normalized spacial score (nSPS) is 12.1. The molecule has 4 heteroatoms. The van der Waals surface area contributed by atoms with Gasteiger partial charge in [0.15, 0.2) is 6.10 Å². The fourth-order valence-electron chi connectivity index (χ4n) is 4.37. The third-order valence-corrected chi connectivity index (χ3v) is 7.24. The summed E-state index contributed by atoms with van der Waals surface area (Å²) in [5.74, 6) is 0.535. The van der Waals surface area contributed by atoms with Crippen molar-refractivity contribution in [2.75, 3.05) is 7.11 Å². The number of hydrogen-bond acceptors (Lipinski definition) is 4. The second-order valence-electron chi connectivity index (χ2n) is 8.39. The van der Waals surface area contributed by atoms with E-state index < -0.39 is 6.10 Å². The minimum absolute atomic E-state index is 0.253. The van der Waals surface area contributed by atoms with Gasteiger partial charge in [-0.25, -0.2) is 0 Å². The van der Waals surface area contributed by atoms with Crippen LogP contribution >= 0.6 is 11.8 Å². The number of ether oxygens (including phenoxy) is 2. The molecule has 0 heterocycles. The molecule has 0 saturated heterocycles. The summed E-state index contributed by atoms with van der Waals surface area (Å²) < 4.78 is 11.6. The average Bonchev–Trinajstić information content (AvgIpc) is 2.91. The molecule has 0 aliphatic rings. The van der Waals surface area contributed by atoms with E-state index in [0.29, 0.717) is 0 Å². The monoisotopic (exact) mass is 478 g/mol. The summed E-state index contributed by atoms with van der Waals surface area (Å²) in [7, 11) is 1.64. The van der Waals surface area contributed by atoms with Crippen molar-refractivity contribution in [1.82, 2.24) is 0 Å². The third-order valence-electron chi connectivity index (χ3n) is 6.15. The molecule has 35 heavy (non-hydrogen) atoms. The van der Waals surface area contributed by atoms with Crippen molar-refractivity contribution in [1.29, 1.82) is 0 Å². The van der Waals surface area contributed by atoms with Gasteiger partial charge in [-0.3, -0.25) is 4.79 Å². The van der Waals surface area contributed by atoms with Crippen molar-refractivity contribution >= 4 is 39.3 Å². The largest absolute Gasteiger partial charge is 0.497 e. The molecule has 5 aromatic rings. The molecule has 3 nitrogen and oxygen atoms in total. The van der Waals surface area contributed by atoms with Gasteiger partial charge in [0.25, 0.3) is 0 Å². The molecule has 5 rings (SSSR count). The predicted octanol–water partition coefficient (Wildman–Crippen LogP) is 7.82. The number of thioether (sulfide) groups is 1. The summed E-state index contributed by atoms with van der Waals surface area (Å²) in [6.07, 6.45) is -0.529. The van der Waals surface area contributed by atoms with Crippen molar-refractivity contribution in [2.45, 2.75) is 23.2 Å². The second-order valence-corrected chi connectivity index (χ2v) is 9.80. The highest BCUT2D eigenvalue weighted by molar-refractivity contribution is 8.00. The minimum Gasteiger partial charge on any atom is -0.497 e. The van der Waals surface area contributed by atoms with Gasteiger partial charge in [-0.2, -0.15) is 0 Å². The summed E-state index contributed by atoms with van der Waals surface area (Å²) in [5.41, 5.74) is 1.96. The van der Waals surface area contributed by atoms with Gasteiger partial charge in [0.1, 0.15) is 11.0 Å². The van der Waals surface area contributed by atoms with Crippen molar-refractivity contribution in [3.05, 3.63) is 120 Å². The number of fused-ring (bicyclic) bond motifs is 2. The maximum absolute atomic E-state index is 13.4. The lowest BCUT2D eigenvalue weighted by Gasteiger charge is -2.23. The Bertz CT molecular complexity index is 1390. The molecule has 0 aromatic heterocycles. The first-order valence-corrected chi connectivity index (χ1v) is 12.5. The molecule has 0 aliphatic carbocycles. The Hall–Kier alpha value is -3.76. The van der Waals surface area contributed by atoms with Crippen LogP contribution in [0.5, 0.6) is 5.75 Å². The number of benzene rings is 5. The lowest BCUT2D eigenvalue weighted by Crippen LogP contribution is -2.21. The molecule has 0 fully saturated rings. The quantitative estimate of drug-likeness (QED) is 0.176. The topological polar surface area (TPSA) is 35.5 Å². The number of hydrogen-bond donors (Lipinski definition) is 0. The predicted molar refractivity (Wildman–Crippen MR) is 144 cm³/mol. The lowest BCUT2D eigenvalue weighted by molar-refractivity contribution is -0.146. The molecule has 0 N–H and O–H groups in total. The fourth-order valence-corrected chi connectivity index (χ4v) is 5.22. The summed E-state index contributed by atoms with van der Waals surface area (Å²) in [6, 6.07) is 36.5. The van der Waals surface area contributed by atoms with Crippen LogP contribution in [-0.4, -0.2) is 18.3 Å². The highest BCUT2D eigenvalue weighted by Crippen LogP contribution is 2.37. The van der Waals surface area contributed by atoms with Crippen LogP contribution in [0.15, 0.2) is 114 Å². The van der Waals surface area contributed by atoms with Crippen LogP contribution in [0.2, 0.25) is 0 Å². The highest BCUT2D eigenvalue weighted by atomic mass is 32.2. The molecule has 174 valence electrons. The second kappa shape index (κ2) is 10.2. The van der Waals surface area contributed by atoms with Gasteiger partial charge in [0, 0.05) is 16.0 Å². The molecular weight excluding hydrogens is 452 g/mol. The van der Waals surface area contributed by atoms with Crippen LogP contribution in [0.3, 0.4) is 0 Å². The number of methoxy groups -OCH3 is 1. The Kier molecular flexibility index (Phi) is 6.73. The smallest absolute Gasteiger partial charge is 0.320 e. The SMILES string of the molecule is COc1ccc(S[C@@H](C)C(=O)OC(c2cccc3ccccc23)c2cccc3ccccc23)cc1. The molecule has 0 saturated carbocycles. The molecule has 5 aromatic carbocycles. The van der Waals surface area contributed by atoms with Crippen molar-refractivity contribution < 1.29 is 14.3 Å². The zero-order valence-corrected chi connectivity index (χ0v) is 20.5. The molecule has 0 bridgehead atoms. The summed E-state index contributed by atoms with van der Waals surface area (Å²) in [5, 5.41) is 4.02. The van der Waals surface area contributed by atoms with Gasteiger partial charge in [-0.05, 0) is 52.7 Å². The Morgan fingerprint density at radius 2 is 1.20 bits per heavy atom. The van der Waals surface area contributed by atoms with E-state index in [-0.39, 0.29) is 11.2 Å². The van der Waals surface area contributed by atoms with Gasteiger partial charge in [-0.15, -0.1) is 11.8 Å². The number of rotatable bonds is 7. The average molecular weight is 479 g/mol. The van der Waals surface area contributed by atoms with Gasteiger partial charge < -0.3 is 9.47 Å². The fraction of sp³-hybridized carbons (Fsp3) is 0.129. The Balaban J connectivity index is 1.53. The number of carbonyl (C=O) groups excluding carboxylic acids is 1. The molecular formula is C31H26O3S. The van der Waals surface area contributed by atoms with Crippen LogP contribution in [-0.2, 0) is 9.53 Å². The minimum atomic E-state index is -0.529. The zero-order chi connectivity index (χ0) is 24.2. The maximum atomic E-state index is 13.4. The molecule has 0 aliphatic heterocycles. The molecule has 0 radical (unpaired) electrons. The van der Waals surface area contributed by atoms with Crippen molar-refractivity contribution in [3.63, 3.8) is 0 Å². The molecule has 0 spiro atoms. The van der Waals surface area contributed by atoms with Crippen LogP contribution in [0.25, 0.3) is 21.5 Å². The van der Waals surface area contributed by atoms with E-state index >= 15 is 0 Å². The van der Waals surface area contributed by atoms with Crippen LogP contribution < -0.4 is 4.74 Å². The Morgan fingerprint density at radius 1 is 0.686 bits per heavy atom. The standard InChI is InChI=1S/C31H26O3S/c1-21(35-25-19-17-24(33-2)18-20-25)31(32)34-30(28-15-7-11-22-9-3-5-13-26(22)28)29-16-8-12-23-10-4-6-14-27(23)29/h3-21,30H,1-2H3/t21-/m0/s1. The molecule has 0 amide bonds. The Morgan fingerprint density at radius 3 is 1.74 bits per heavy atom. The van der Waals surface area contributed by atoms with E-state index in [1.54, 1.807) is 7.11 Å². The van der Waals surface area contributed by atoms with Gasteiger partial charge >= 0.3 is 5.97 Å². The van der Waals surface area contributed by atoms with Gasteiger partial charge in [0.2, 0.25) is 0 Å². The van der Waals surface area contributed by atoms with E-state index in [4.69, 9.17) is 9.47 Å². The molecule has 1 atom stereocenters. The first-order chi connectivity index (χ1) is 17.1. The first-order valence-electron chi connectivity index (χ1n) is 11.6. The summed E-state index contributed by atoms with van der Waals surface area (Å²) >= 11 is 1.48. The lowest BCUT2D eigenvalue weighted by atomic mass is 9.92. The van der Waals surface area contributed by atoms with E-state index in [9.17, 15) is 4.79 Å². The van der Waals surface area contributed by atoms with Crippen LogP contribution in [0.1, 0.15) is 24.2 Å². The van der Waals surface area contributed by atoms with Gasteiger partial charge in [0.05, 0.1) is 7.11 Å². The van der Waals surface area contributed by atoms with Crippen molar-refractivity contribution in [2.24, 2.45) is 0 Å². The number of esters is 1. The number of carbonyl (C=O) groups is 1. The first kappa shape index (κ1) is 23.0. The van der Waals surface area contributed by atoms with E-state index in [2.05, 4.69) is 48.5 Å². The molecule has 0 unspecified atom stereocenters. The van der Waals surface area contributed by atoms with Gasteiger partial charge in [-0.1, -0.05) is 84.9 Å². The van der Waals surface area contributed by atoms with Crippen LogP contribution in [0.4, 0.5) is 0 Å². The van der Waals surface area contributed by atoms with E-state index in [1.807, 2.05) is 67.6 Å².